The fraction of sp³-hybridized carbons (Fsp3) is 0.167. The number of carbonyl (C=O) groups is 1. The molecule has 0 spiro atoms. The second-order valence-corrected chi connectivity index (χ2v) is 7.48. The first-order valence-corrected chi connectivity index (χ1v) is 10.1. The molecule has 0 fully saturated rings. The molecule has 9 heteroatoms. The molecule has 0 unspecified atom stereocenters. The van der Waals surface area contributed by atoms with Gasteiger partial charge in [-0.1, -0.05) is 18.7 Å². The molecule has 0 saturated carbocycles. The molecule has 4 rings (SSSR count). The van der Waals surface area contributed by atoms with Gasteiger partial charge in [-0.3, -0.25) is 4.79 Å². The van der Waals surface area contributed by atoms with Crippen molar-refractivity contribution in [3.8, 4) is 34.0 Å². The Hall–Kier alpha value is -4.40. The van der Waals surface area contributed by atoms with E-state index in [0.717, 1.165) is 22.4 Å². The van der Waals surface area contributed by atoms with E-state index < -0.39 is 0 Å². The normalized spacial score (nSPS) is 10.8. The van der Waals surface area contributed by atoms with E-state index in [9.17, 15) is 4.79 Å². The highest BCUT2D eigenvalue weighted by Gasteiger charge is 2.24. The maximum absolute atomic E-state index is 12.0. The van der Waals surface area contributed by atoms with Crippen LogP contribution in [-0.2, 0) is 11.8 Å². The quantitative estimate of drug-likeness (QED) is 0.434. The van der Waals surface area contributed by atoms with Gasteiger partial charge in [-0.05, 0) is 24.6 Å². The van der Waals surface area contributed by atoms with Crippen LogP contribution >= 0.6 is 0 Å². The van der Waals surface area contributed by atoms with Gasteiger partial charge in [0.05, 0.1) is 31.5 Å². The van der Waals surface area contributed by atoms with Crippen molar-refractivity contribution in [3.05, 3.63) is 55.0 Å². The highest BCUT2D eigenvalue weighted by molar-refractivity contribution is 6.09. The number of methoxy groups -OCH3 is 2. The lowest BCUT2D eigenvalue weighted by Gasteiger charge is -2.13. The summed E-state index contributed by atoms with van der Waals surface area (Å²) < 4.78 is 12.9. The van der Waals surface area contributed by atoms with Crippen LogP contribution in [0.15, 0.2) is 55.0 Å². The first-order valence-electron chi connectivity index (χ1n) is 10.1. The van der Waals surface area contributed by atoms with E-state index >= 15 is 0 Å². The third kappa shape index (κ3) is 3.84. The number of nitrogen functional groups attached to an aromatic ring is 1. The van der Waals surface area contributed by atoms with E-state index in [4.69, 9.17) is 15.2 Å². The zero-order valence-corrected chi connectivity index (χ0v) is 18.8. The molecule has 0 radical (unpaired) electrons. The van der Waals surface area contributed by atoms with Gasteiger partial charge in [-0.2, -0.15) is 0 Å². The summed E-state index contributed by atoms with van der Waals surface area (Å²) in [6, 6.07) is 9.29. The second kappa shape index (κ2) is 8.62. The van der Waals surface area contributed by atoms with E-state index in [2.05, 4.69) is 26.8 Å². The van der Waals surface area contributed by atoms with E-state index in [-0.39, 0.29) is 5.91 Å². The minimum absolute atomic E-state index is 0.232. The minimum Gasteiger partial charge on any atom is -0.494 e. The zero-order chi connectivity index (χ0) is 23.7. The van der Waals surface area contributed by atoms with Gasteiger partial charge in [-0.15, -0.1) is 0 Å². The van der Waals surface area contributed by atoms with Gasteiger partial charge in [-0.25, -0.2) is 15.0 Å². The number of aryl methyl sites for hydroxylation is 1. The van der Waals surface area contributed by atoms with Gasteiger partial charge in [0, 0.05) is 35.5 Å². The largest absolute Gasteiger partial charge is 0.494 e. The predicted octanol–water partition coefficient (Wildman–Crippen LogP) is 3.81. The number of nitrogens with zero attached hydrogens (tertiary/aromatic N) is 4. The number of ether oxygens (including phenoxy) is 2. The Morgan fingerprint density at radius 1 is 1.12 bits per heavy atom. The van der Waals surface area contributed by atoms with Gasteiger partial charge in [0.2, 0.25) is 5.88 Å². The van der Waals surface area contributed by atoms with Crippen LogP contribution in [0.1, 0.15) is 6.92 Å². The van der Waals surface area contributed by atoms with Crippen LogP contribution in [0.25, 0.3) is 33.4 Å². The molecule has 3 heterocycles. The molecule has 0 saturated heterocycles. The average Bonchev–Trinajstić information content (AvgIpc) is 3.12. The molecule has 33 heavy (non-hydrogen) atoms. The lowest BCUT2D eigenvalue weighted by molar-refractivity contribution is -0.112. The Morgan fingerprint density at radius 2 is 1.85 bits per heavy atom. The highest BCUT2D eigenvalue weighted by Crippen LogP contribution is 2.45. The molecule has 0 aliphatic heterocycles. The highest BCUT2D eigenvalue weighted by atomic mass is 16.5. The average molecular weight is 444 g/mol. The minimum atomic E-state index is -0.232. The van der Waals surface area contributed by atoms with Crippen LogP contribution < -0.4 is 20.5 Å². The monoisotopic (exact) mass is 444 g/mol. The van der Waals surface area contributed by atoms with Crippen molar-refractivity contribution in [2.24, 2.45) is 7.05 Å². The summed E-state index contributed by atoms with van der Waals surface area (Å²) in [5.74, 6) is 1.10. The first-order chi connectivity index (χ1) is 15.8. The Morgan fingerprint density at radius 3 is 2.48 bits per heavy atom. The third-order valence-corrected chi connectivity index (χ3v) is 5.34. The van der Waals surface area contributed by atoms with Crippen molar-refractivity contribution in [1.29, 1.82) is 0 Å². The molecule has 3 N–H and O–H groups in total. The van der Waals surface area contributed by atoms with Crippen LogP contribution in [0.5, 0.6) is 11.6 Å². The van der Waals surface area contributed by atoms with Crippen molar-refractivity contribution in [1.82, 2.24) is 19.5 Å². The maximum atomic E-state index is 12.0. The Kier molecular flexibility index (Phi) is 5.70. The zero-order valence-electron chi connectivity index (χ0n) is 18.8. The summed E-state index contributed by atoms with van der Waals surface area (Å²) in [5.41, 5.74) is 11.4. The summed E-state index contributed by atoms with van der Waals surface area (Å²) in [7, 11) is 5.05. The molecule has 168 valence electrons. The topological polar surface area (TPSA) is 117 Å². The second-order valence-electron chi connectivity index (χ2n) is 7.48. The number of hydrogen-bond donors (Lipinski definition) is 2. The molecule has 4 aromatic rings. The van der Waals surface area contributed by atoms with E-state index in [1.807, 2.05) is 35.9 Å². The molecule has 0 aliphatic rings. The number of fused-ring (bicyclic) bond motifs is 1. The number of anilines is 2. The molecule has 1 amide bonds. The number of pyridine rings is 1. The molecular weight excluding hydrogens is 420 g/mol. The number of nitrogens with one attached hydrogen (secondary N) is 1. The number of nitrogens with two attached hydrogens (primary N) is 1. The van der Waals surface area contributed by atoms with Crippen LogP contribution in [0.3, 0.4) is 0 Å². The third-order valence-electron chi connectivity index (χ3n) is 5.34. The number of amides is 1. The smallest absolute Gasteiger partial charge is 0.250 e. The molecule has 9 nitrogen and oxygen atoms in total. The molecule has 0 aliphatic carbocycles. The van der Waals surface area contributed by atoms with Crippen molar-refractivity contribution in [2.45, 2.75) is 6.92 Å². The van der Waals surface area contributed by atoms with Gasteiger partial charge in [0.25, 0.3) is 5.91 Å². The number of benzene rings is 1. The van der Waals surface area contributed by atoms with Gasteiger partial charge in [0.1, 0.15) is 23.5 Å². The SMILES string of the molecule is C=C(C)C(=O)Nc1ccc(-c2c(-c3cc(OC)ncc3OC)c3c(N)ncnc3n2C)cc1. The van der Waals surface area contributed by atoms with Crippen LogP contribution in [0, 0.1) is 0 Å². The lowest BCUT2D eigenvalue weighted by atomic mass is 9.98. The summed E-state index contributed by atoms with van der Waals surface area (Å²) in [5, 5.41) is 3.51. The van der Waals surface area contributed by atoms with Gasteiger partial charge < -0.3 is 25.1 Å². The fourth-order valence-electron chi connectivity index (χ4n) is 3.72. The lowest BCUT2D eigenvalue weighted by Crippen LogP contribution is -2.11. The Balaban J connectivity index is 1.97. The Bertz CT molecular complexity index is 1380. The van der Waals surface area contributed by atoms with E-state index in [1.165, 1.54) is 6.33 Å². The first kappa shape index (κ1) is 21.8. The van der Waals surface area contributed by atoms with Crippen molar-refractivity contribution >= 4 is 28.4 Å². The van der Waals surface area contributed by atoms with Crippen LogP contribution in [0.4, 0.5) is 11.5 Å². The number of rotatable bonds is 6. The number of aromatic nitrogens is 4. The summed E-state index contributed by atoms with van der Waals surface area (Å²) in [6.45, 7) is 5.33. The summed E-state index contributed by atoms with van der Waals surface area (Å²) >= 11 is 0. The van der Waals surface area contributed by atoms with E-state index in [1.54, 1.807) is 33.4 Å². The van der Waals surface area contributed by atoms with Crippen molar-refractivity contribution in [2.75, 3.05) is 25.3 Å². The molecule has 0 atom stereocenters. The maximum Gasteiger partial charge on any atom is 0.250 e. The van der Waals surface area contributed by atoms with Crippen molar-refractivity contribution in [3.63, 3.8) is 0 Å². The molecule has 3 aromatic heterocycles. The summed E-state index contributed by atoms with van der Waals surface area (Å²) in [4.78, 5) is 24.9. The Labute approximate surface area is 190 Å². The standard InChI is InChI=1S/C24H24N6O3/c1-13(2)24(31)29-15-8-6-14(7-9-15)21-19(16-10-18(33-5)26-11-17(16)32-4)20-22(25)27-12-28-23(20)30(21)3/h6-12H,1H2,2-5H3,(H,29,31)(H2,25,27,28). The molecule has 1 aromatic carbocycles. The molecular formula is C24H24N6O3. The number of hydrogen-bond acceptors (Lipinski definition) is 7. The number of carbonyl (C=O) groups excluding carboxylic acids is 1. The van der Waals surface area contributed by atoms with Crippen LogP contribution in [-0.4, -0.2) is 39.6 Å². The fourth-order valence-corrected chi connectivity index (χ4v) is 3.72. The van der Waals surface area contributed by atoms with Gasteiger partial charge >= 0.3 is 0 Å². The summed E-state index contributed by atoms with van der Waals surface area (Å²) in [6.07, 6.45) is 3.04. The van der Waals surface area contributed by atoms with Gasteiger partial charge in [0.15, 0.2) is 0 Å². The molecule has 0 bridgehead atoms. The van der Waals surface area contributed by atoms with Crippen LogP contribution in [0.2, 0.25) is 0 Å². The van der Waals surface area contributed by atoms with E-state index in [0.29, 0.717) is 39.7 Å². The van der Waals surface area contributed by atoms with Crippen molar-refractivity contribution < 1.29 is 14.3 Å². The predicted molar refractivity (Wildman–Crippen MR) is 128 cm³/mol.